The van der Waals surface area contributed by atoms with Crippen LogP contribution in [0.5, 0.6) is 0 Å². The van der Waals surface area contributed by atoms with Gasteiger partial charge < -0.3 is 5.11 Å². The first-order valence-corrected chi connectivity index (χ1v) is 6.13. The van der Waals surface area contributed by atoms with E-state index in [9.17, 15) is 9.90 Å². The Morgan fingerprint density at radius 1 is 1.33 bits per heavy atom. The Balaban J connectivity index is 2.02. The topological polar surface area (TPSA) is 49.3 Å². The summed E-state index contributed by atoms with van der Waals surface area (Å²) in [7, 11) is 0. The molecule has 0 aliphatic heterocycles. The molecular weight excluding hydrogens is 190 g/mol. The van der Waals surface area contributed by atoms with Crippen LogP contribution in [0.25, 0.3) is 0 Å². The van der Waals surface area contributed by atoms with Crippen LogP contribution in [-0.4, -0.2) is 22.7 Å². The number of carboxylic acids is 1. The molecule has 2 unspecified atom stereocenters. The van der Waals surface area contributed by atoms with Gasteiger partial charge in [0.1, 0.15) is 5.54 Å². The Kier molecular flexibility index (Phi) is 3.01. The predicted molar refractivity (Wildman–Crippen MR) is 58.8 cm³/mol. The highest BCUT2D eigenvalue weighted by Gasteiger charge is 2.45. The van der Waals surface area contributed by atoms with Crippen molar-refractivity contribution in [1.82, 2.24) is 5.32 Å². The molecule has 0 bridgehead atoms. The second-order valence-electron chi connectivity index (χ2n) is 5.36. The van der Waals surface area contributed by atoms with Crippen LogP contribution in [0.4, 0.5) is 0 Å². The van der Waals surface area contributed by atoms with Crippen molar-refractivity contribution in [3.05, 3.63) is 0 Å². The number of hydrogen-bond donors (Lipinski definition) is 2. The monoisotopic (exact) mass is 211 g/mol. The van der Waals surface area contributed by atoms with E-state index >= 15 is 0 Å². The Hall–Kier alpha value is -0.570. The maximum Gasteiger partial charge on any atom is 0.323 e. The zero-order chi connectivity index (χ0) is 10.9. The van der Waals surface area contributed by atoms with Crippen molar-refractivity contribution < 1.29 is 9.90 Å². The first kappa shape index (κ1) is 10.9. The smallest absolute Gasteiger partial charge is 0.323 e. The molecule has 0 radical (unpaired) electrons. The zero-order valence-corrected chi connectivity index (χ0v) is 9.46. The average Bonchev–Trinajstić information content (AvgIpc) is 2.77. The van der Waals surface area contributed by atoms with Crippen molar-refractivity contribution in [2.75, 3.05) is 0 Å². The molecule has 0 saturated heterocycles. The Bertz CT molecular complexity index is 248. The molecule has 0 aromatic rings. The summed E-state index contributed by atoms with van der Waals surface area (Å²) in [5, 5.41) is 12.8. The predicted octanol–water partition coefficient (Wildman–Crippen LogP) is 2.16. The first-order chi connectivity index (χ1) is 7.12. The second kappa shape index (κ2) is 4.12. The lowest BCUT2D eigenvalue weighted by atomic mass is 9.94. The number of hydrogen-bond acceptors (Lipinski definition) is 2. The van der Waals surface area contributed by atoms with E-state index in [0.29, 0.717) is 12.0 Å². The van der Waals surface area contributed by atoms with Crippen LogP contribution in [0.2, 0.25) is 0 Å². The van der Waals surface area contributed by atoms with Gasteiger partial charge in [0.05, 0.1) is 0 Å². The summed E-state index contributed by atoms with van der Waals surface area (Å²) in [6, 6.07) is 0.450. The minimum atomic E-state index is -0.640. The van der Waals surface area contributed by atoms with Gasteiger partial charge in [0.25, 0.3) is 0 Å². The van der Waals surface area contributed by atoms with Crippen LogP contribution in [0.1, 0.15) is 51.9 Å². The van der Waals surface area contributed by atoms with Crippen LogP contribution in [0.15, 0.2) is 0 Å². The third-order valence-electron chi connectivity index (χ3n) is 4.01. The van der Waals surface area contributed by atoms with Crippen LogP contribution < -0.4 is 5.32 Å². The number of aliphatic carboxylic acids is 1. The van der Waals surface area contributed by atoms with Crippen LogP contribution in [0.3, 0.4) is 0 Å². The van der Waals surface area contributed by atoms with E-state index < -0.39 is 11.5 Å². The Morgan fingerprint density at radius 2 is 2.00 bits per heavy atom. The molecule has 86 valence electrons. The lowest BCUT2D eigenvalue weighted by Crippen LogP contribution is -2.53. The van der Waals surface area contributed by atoms with Gasteiger partial charge in [-0.3, -0.25) is 10.1 Å². The molecule has 2 rings (SSSR count). The highest BCUT2D eigenvalue weighted by molar-refractivity contribution is 5.79. The van der Waals surface area contributed by atoms with Crippen molar-refractivity contribution in [2.24, 2.45) is 5.92 Å². The standard InChI is InChI=1S/C12H21NO2/c1-9-6-7-12(8-9,11(14)15)13-10-4-2-3-5-10/h9-10,13H,2-8H2,1H3,(H,14,15). The molecule has 2 N–H and O–H groups in total. The van der Waals surface area contributed by atoms with Gasteiger partial charge >= 0.3 is 5.97 Å². The number of nitrogens with one attached hydrogen (secondary N) is 1. The lowest BCUT2D eigenvalue weighted by molar-refractivity contribution is -0.145. The molecule has 2 atom stereocenters. The van der Waals surface area contributed by atoms with Crippen molar-refractivity contribution in [2.45, 2.75) is 63.5 Å². The van der Waals surface area contributed by atoms with E-state index in [4.69, 9.17) is 0 Å². The van der Waals surface area contributed by atoms with Crippen LogP contribution in [-0.2, 0) is 4.79 Å². The minimum Gasteiger partial charge on any atom is -0.480 e. The van der Waals surface area contributed by atoms with Crippen molar-refractivity contribution >= 4 is 5.97 Å². The van der Waals surface area contributed by atoms with Crippen molar-refractivity contribution in [3.63, 3.8) is 0 Å². The first-order valence-electron chi connectivity index (χ1n) is 6.13. The fourth-order valence-corrected chi connectivity index (χ4v) is 3.14. The summed E-state index contributed by atoms with van der Waals surface area (Å²) in [6.07, 6.45) is 7.48. The van der Waals surface area contributed by atoms with Gasteiger partial charge in [0, 0.05) is 6.04 Å². The molecule has 2 fully saturated rings. The number of carboxylic acid groups (broad SMARTS) is 1. The van der Waals surface area contributed by atoms with E-state index in [-0.39, 0.29) is 0 Å². The summed E-state index contributed by atoms with van der Waals surface area (Å²) >= 11 is 0. The molecule has 3 nitrogen and oxygen atoms in total. The SMILES string of the molecule is CC1CCC(NC2CCCC2)(C(=O)O)C1. The molecule has 2 saturated carbocycles. The molecular formula is C12H21NO2. The highest BCUT2D eigenvalue weighted by atomic mass is 16.4. The summed E-state index contributed by atoms with van der Waals surface area (Å²) in [5.41, 5.74) is -0.603. The fraction of sp³-hybridized carbons (Fsp3) is 0.917. The highest BCUT2D eigenvalue weighted by Crippen LogP contribution is 2.36. The zero-order valence-electron chi connectivity index (χ0n) is 9.46. The number of rotatable bonds is 3. The van der Waals surface area contributed by atoms with Crippen molar-refractivity contribution in [3.8, 4) is 0 Å². The van der Waals surface area contributed by atoms with Gasteiger partial charge in [-0.05, 0) is 38.0 Å². The van der Waals surface area contributed by atoms with Crippen LogP contribution in [0, 0.1) is 5.92 Å². The van der Waals surface area contributed by atoms with Gasteiger partial charge in [-0.2, -0.15) is 0 Å². The lowest BCUT2D eigenvalue weighted by Gasteiger charge is -2.29. The van der Waals surface area contributed by atoms with Gasteiger partial charge in [0.2, 0.25) is 0 Å². The molecule has 0 aromatic heterocycles. The van der Waals surface area contributed by atoms with Gasteiger partial charge in [-0.25, -0.2) is 0 Å². The largest absolute Gasteiger partial charge is 0.480 e. The minimum absolute atomic E-state index is 0.450. The molecule has 15 heavy (non-hydrogen) atoms. The third kappa shape index (κ3) is 2.17. The molecule has 0 heterocycles. The van der Waals surface area contributed by atoms with E-state index in [1.54, 1.807) is 0 Å². The summed E-state index contributed by atoms with van der Waals surface area (Å²) < 4.78 is 0. The molecule has 0 aromatic carbocycles. The molecule has 2 aliphatic rings. The summed E-state index contributed by atoms with van der Waals surface area (Å²) in [6.45, 7) is 2.15. The molecule has 3 heteroatoms. The number of carbonyl (C=O) groups is 1. The maximum absolute atomic E-state index is 11.4. The molecule has 0 spiro atoms. The van der Waals surface area contributed by atoms with Gasteiger partial charge in [0.15, 0.2) is 0 Å². The average molecular weight is 211 g/mol. The third-order valence-corrected chi connectivity index (χ3v) is 4.01. The van der Waals surface area contributed by atoms with E-state index in [1.807, 2.05) is 0 Å². The van der Waals surface area contributed by atoms with Gasteiger partial charge in [-0.1, -0.05) is 19.8 Å². The fourth-order valence-electron chi connectivity index (χ4n) is 3.14. The molecule has 0 amide bonds. The van der Waals surface area contributed by atoms with E-state index in [1.165, 1.54) is 12.8 Å². The Labute approximate surface area is 91.2 Å². The van der Waals surface area contributed by atoms with E-state index in [0.717, 1.165) is 32.1 Å². The quantitative estimate of drug-likeness (QED) is 0.752. The van der Waals surface area contributed by atoms with E-state index in [2.05, 4.69) is 12.2 Å². The van der Waals surface area contributed by atoms with Crippen LogP contribution >= 0.6 is 0 Å². The van der Waals surface area contributed by atoms with Gasteiger partial charge in [-0.15, -0.1) is 0 Å². The maximum atomic E-state index is 11.4. The normalized spacial score (nSPS) is 37.3. The molecule has 2 aliphatic carbocycles. The second-order valence-corrected chi connectivity index (χ2v) is 5.36. The van der Waals surface area contributed by atoms with Crippen molar-refractivity contribution in [1.29, 1.82) is 0 Å². The Morgan fingerprint density at radius 3 is 2.47 bits per heavy atom. The summed E-state index contributed by atoms with van der Waals surface area (Å²) in [4.78, 5) is 11.4. The summed E-state index contributed by atoms with van der Waals surface area (Å²) in [5.74, 6) is -0.0891.